The van der Waals surface area contributed by atoms with Gasteiger partial charge in [0, 0.05) is 17.5 Å². The van der Waals surface area contributed by atoms with Crippen LogP contribution in [0.5, 0.6) is 11.5 Å². The zero-order valence-corrected chi connectivity index (χ0v) is 17.1. The van der Waals surface area contributed by atoms with Gasteiger partial charge in [-0.3, -0.25) is 0 Å². The van der Waals surface area contributed by atoms with Crippen LogP contribution >= 0.6 is 23.5 Å². The highest BCUT2D eigenvalue weighted by atomic mass is 32.2. The fourth-order valence-electron chi connectivity index (χ4n) is 3.11. The van der Waals surface area contributed by atoms with E-state index in [1.54, 1.807) is 23.5 Å². The summed E-state index contributed by atoms with van der Waals surface area (Å²) in [6, 6.07) is 9.69. The van der Waals surface area contributed by atoms with E-state index in [9.17, 15) is 15.0 Å². The number of carbonyl (C=O) groups is 1. The number of carboxylic acid groups (broad SMARTS) is 1. The Balaban J connectivity index is 1.85. The molecule has 0 spiro atoms. The van der Waals surface area contributed by atoms with Crippen LogP contribution in [0.3, 0.4) is 0 Å². The standard InChI is InChI=1S/C21H20O5S2/c1-27-21(28-2)9-10-26-19-12-14(5-7-16(19)21)17(22)8-4-13-3-6-15(20(24)25)18(23)11-13/h3,5-7,11-12,17,22-23H,9-10H2,1-2H3,(H,24,25). The highest BCUT2D eigenvalue weighted by Crippen LogP contribution is 2.52. The monoisotopic (exact) mass is 416 g/mol. The lowest BCUT2D eigenvalue weighted by atomic mass is 10.0. The van der Waals surface area contributed by atoms with E-state index < -0.39 is 12.1 Å². The van der Waals surface area contributed by atoms with E-state index in [0.29, 0.717) is 17.7 Å². The third-order valence-corrected chi connectivity index (χ3v) is 7.83. The molecule has 2 aromatic carbocycles. The summed E-state index contributed by atoms with van der Waals surface area (Å²) in [6.45, 7) is 0.620. The van der Waals surface area contributed by atoms with Crippen molar-refractivity contribution in [1.82, 2.24) is 0 Å². The molecule has 1 aliphatic heterocycles. The molecule has 0 saturated carbocycles. The Bertz CT molecular complexity index is 957. The van der Waals surface area contributed by atoms with E-state index in [2.05, 4.69) is 24.4 Å². The van der Waals surface area contributed by atoms with Gasteiger partial charge in [-0.25, -0.2) is 4.79 Å². The first-order chi connectivity index (χ1) is 13.4. The molecule has 0 bridgehead atoms. The molecule has 3 rings (SSSR count). The second-order valence-electron chi connectivity index (χ2n) is 6.22. The van der Waals surface area contributed by atoms with Gasteiger partial charge in [0.05, 0.1) is 10.7 Å². The third-order valence-electron chi connectivity index (χ3n) is 4.66. The second kappa shape index (κ2) is 8.39. The maximum atomic E-state index is 10.9. The number of fused-ring (bicyclic) bond motifs is 1. The molecule has 5 nitrogen and oxygen atoms in total. The van der Waals surface area contributed by atoms with E-state index in [-0.39, 0.29) is 15.4 Å². The average molecular weight is 417 g/mol. The van der Waals surface area contributed by atoms with Gasteiger partial charge in [-0.15, -0.1) is 23.5 Å². The number of ether oxygens (including phenoxy) is 1. The molecule has 0 aromatic heterocycles. The highest BCUT2D eigenvalue weighted by molar-refractivity contribution is 8.16. The molecule has 146 valence electrons. The summed E-state index contributed by atoms with van der Waals surface area (Å²) in [7, 11) is 0. The third kappa shape index (κ3) is 3.95. The number of rotatable bonds is 4. The van der Waals surface area contributed by atoms with Gasteiger partial charge in [0.25, 0.3) is 0 Å². The van der Waals surface area contributed by atoms with Gasteiger partial charge in [-0.2, -0.15) is 0 Å². The van der Waals surface area contributed by atoms with Gasteiger partial charge >= 0.3 is 5.97 Å². The predicted molar refractivity (Wildman–Crippen MR) is 112 cm³/mol. The molecular formula is C21H20O5S2. The van der Waals surface area contributed by atoms with Crippen LogP contribution in [0.2, 0.25) is 0 Å². The van der Waals surface area contributed by atoms with Crippen LogP contribution in [0.4, 0.5) is 0 Å². The lowest BCUT2D eigenvalue weighted by molar-refractivity contribution is 0.0693. The quantitative estimate of drug-likeness (QED) is 0.516. The number of carboxylic acids is 1. The summed E-state index contributed by atoms with van der Waals surface area (Å²) in [5.74, 6) is 4.68. The number of thioether (sulfide) groups is 2. The molecular weight excluding hydrogens is 396 g/mol. The fourth-order valence-corrected chi connectivity index (χ4v) is 5.12. The normalized spacial score (nSPS) is 15.5. The number of aliphatic hydroxyl groups excluding tert-OH is 1. The average Bonchev–Trinajstić information content (AvgIpc) is 2.70. The fraction of sp³-hybridized carbons (Fsp3) is 0.286. The number of aromatic hydroxyl groups is 1. The summed E-state index contributed by atoms with van der Waals surface area (Å²) >= 11 is 3.58. The smallest absolute Gasteiger partial charge is 0.339 e. The van der Waals surface area contributed by atoms with Gasteiger partial charge < -0.3 is 20.1 Å². The Hall–Kier alpha value is -2.27. The Kier molecular flexibility index (Phi) is 6.14. The number of hydrogen-bond acceptors (Lipinski definition) is 6. The number of aromatic carboxylic acids is 1. The van der Waals surface area contributed by atoms with Crippen molar-refractivity contribution in [1.29, 1.82) is 0 Å². The van der Waals surface area contributed by atoms with Crippen molar-refractivity contribution in [2.24, 2.45) is 0 Å². The van der Waals surface area contributed by atoms with Crippen molar-refractivity contribution >= 4 is 29.5 Å². The van der Waals surface area contributed by atoms with Gasteiger partial charge in [0.1, 0.15) is 23.2 Å². The molecule has 28 heavy (non-hydrogen) atoms. The van der Waals surface area contributed by atoms with E-state index in [1.807, 2.05) is 18.2 Å². The van der Waals surface area contributed by atoms with E-state index in [1.165, 1.54) is 18.2 Å². The van der Waals surface area contributed by atoms with Crippen LogP contribution in [-0.4, -0.2) is 40.4 Å². The minimum atomic E-state index is -1.21. The largest absolute Gasteiger partial charge is 0.507 e. The van der Waals surface area contributed by atoms with Gasteiger partial charge in [-0.1, -0.05) is 24.0 Å². The maximum Gasteiger partial charge on any atom is 0.339 e. The molecule has 1 heterocycles. The number of phenols is 1. The van der Waals surface area contributed by atoms with Crippen molar-refractivity contribution in [3.8, 4) is 23.3 Å². The zero-order valence-electron chi connectivity index (χ0n) is 15.4. The molecule has 0 saturated heterocycles. The van der Waals surface area contributed by atoms with Crippen molar-refractivity contribution in [2.75, 3.05) is 19.1 Å². The van der Waals surface area contributed by atoms with Crippen molar-refractivity contribution < 1.29 is 24.9 Å². The maximum absolute atomic E-state index is 10.9. The Morgan fingerprint density at radius 1 is 1.21 bits per heavy atom. The molecule has 0 aliphatic carbocycles. The van der Waals surface area contributed by atoms with E-state index >= 15 is 0 Å². The van der Waals surface area contributed by atoms with Crippen LogP contribution < -0.4 is 4.74 Å². The van der Waals surface area contributed by atoms with Crippen molar-refractivity contribution in [3.05, 3.63) is 58.7 Å². The molecule has 3 N–H and O–H groups in total. The topological polar surface area (TPSA) is 87.0 Å². The number of benzene rings is 2. The molecule has 0 radical (unpaired) electrons. The molecule has 0 amide bonds. The SMILES string of the molecule is CSC1(SC)CCOc2cc(C(O)C#Cc3ccc(C(=O)O)c(O)c3)ccc21. The van der Waals surface area contributed by atoms with E-state index in [4.69, 9.17) is 9.84 Å². The molecule has 1 aliphatic rings. The summed E-state index contributed by atoms with van der Waals surface area (Å²) in [5, 5.41) is 29.1. The Morgan fingerprint density at radius 3 is 2.61 bits per heavy atom. The summed E-state index contributed by atoms with van der Waals surface area (Å²) in [5.41, 5.74) is 1.95. The molecule has 0 fully saturated rings. The lowest BCUT2D eigenvalue weighted by Gasteiger charge is -2.36. The van der Waals surface area contributed by atoms with Gasteiger partial charge in [-0.05, 0) is 42.3 Å². The highest BCUT2D eigenvalue weighted by Gasteiger charge is 2.36. The number of aliphatic hydroxyl groups is 1. The Labute approximate surface area is 172 Å². The summed E-state index contributed by atoms with van der Waals surface area (Å²) in [6.07, 6.45) is 4.06. The minimum absolute atomic E-state index is 0.0494. The predicted octanol–water partition coefficient (Wildman–Crippen LogP) is 3.84. The molecule has 1 atom stereocenters. The van der Waals surface area contributed by atoms with Gasteiger partial charge in [0.15, 0.2) is 0 Å². The zero-order chi connectivity index (χ0) is 20.3. The van der Waals surface area contributed by atoms with Crippen LogP contribution in [0.25, 0.3) is 0 Å². The lowest BCUT2D eigenvalue weighted by Crippen LogP contribution is -2.26. The Morgan fingerprint density at radius 2 is 1.96 bits per heavy atom. The van der Waals surface area contributed by atoms with Crippen LogP contribution in [-0.2, 0) is 4.08 Å². The van der Waals surface area contributed by atoms with Crippen molar-refractivity contribution in [2.45, 2.75) is 16.6 Å². The first-order valence-electron chi connectivity index (χ1n) is 8.53. The molecule has 2 aromatic rings. The minimum Gasteiger partial charge on any atom is -0.507 e. The van der Waals surface area contributed by atoms with E-state index in [0.717, 1.165) is 17.7 Å². The van der Waals surface area contributed by atoms with Crippen LogP contribution in [0.15, 0.2) is 36.4 Å². The molecule has 1 unspecified atom stereocenters. The number of hydrogen-bond donors (Lipinski definition) is 3. The van der Waals surface area contributed by atoms with Gasteiger partial charge in [0.2, 0.25) is 0 Å². The summed E-state index contributed by atoms with van der Waals surface area (Å²) in [4.78, 5) is 10.9. The van der Waals surface area contributed by atoms with Crippen molar-refractivity contribution in [3.63, 3.8) is 0 Å². The second-order valence-corrected chi connectivity index (χ2v) is 8.69. The van der Waals surface area contributed by atoms with Crippen LogP contribution in [0.1, 0.15) is 39.6 Å². The first-order valence-corrected chi connectivity index (χ1v) is 11.0. The van der Waals surface area contributed by atoms with Crippen LogP contribution in [0, 0.1) is 11.8 Å². The summed E-state index contributed by atoms with van der Waals surface area (Å²) < 4.78 is 5.76. The first kappa shape index (κ1) is 20.5. The molecule has 7 heteroatoms.